The third-order valence-corrected chi connectivity index (χ3v) is 2.65. The van der Waals surface area contributed by atoms with Gasteiger partial charge in [0, 0.05) is 17.8 Å². The summed E-state index contributed by atoms with van der Waals surface area (Å²) in [6, 6.07) is 13.8. The number of aromatic nitrogens is 1. The Labute approximate surface area is 113 Å². The quantitative estimate of drug-likeness (QED) is 0.639. The van der Waals surface area contributed by atoms with Gasteiger partial charge in [-0.1, -0.05) is 30.3 Å². The second-order valence-corrected chi connectivity index (χ2v) is 4.24. The average molecular weight is 258 g/mol. The molecule has 0 unspecified atom stereocenters. The Kier molecular flexibility index (Phi) is 4.89. The minimum absolute atomic E-state index is 0.532. The predicted molar refractivity (Wildman–Crippen MR) is 73.6 cm³/mol. The van der Waals surface area contributed by atoms with Crippen molar-refractivity contribution in [1.82, 2.24) is 10.5 Å². The van der Waals surface area contributed by atoms with Crippen LogP contribution < -0.4 is 10.2 Å². The summed E-state index contributed by atoms with van der Waals surface area (Å²) >= 11 is 0. The zero-order valence-corrected chi connectivity index (χ0v) is 11.2. The summed E-state index contributed by atoms with van der Waals surface area (Å²) < 4.78 is 5.20. The van der Waals surface area contributed by atoms with E-state index in [-0.39, 0.29) is 0 Å². The van der Waals surface area contributed by atoms with Gasteiger partial charge < -0.3 is 4.74 Å². The molecule has 4 nitrogen and oxygen atoms in total. The molecule has 1 aromatic carbocycles. The van der Waals surface area contributed by atoms with Crippen LogP contribution in [0, 0.1) is 6.92 Å². The topological polar surface area (TPSA) is 43.4 Å². The molecule has 0 amide bonds. The molecule has 0 aliphatic carbocycles. The maximum absolute atomic E-state index is 5.41. The summed E-state index contributed by atoms with van der Waals surface area (Å²) in [5, 5.41) is 0. The SMILES string of the molecule is COc1cc(C)nc(CNOCc2ccccc2)c1. The normalized spacial score (nSPS) is 10.4. The van der Waals surface area contributed by atoms with Gasteiger partial charge in [0.25, 0.3) is 0 Å². The van der Waals surface area contributed by atoms with Crippen LogP contribution in [0.2, 0.25) is 0 Å². The Bertz CT molecular complexity index is 515. The third-order valence-electron chi connectivity index (χ3n) is 2.65. The highest BCUT2D eigenvalue weighted by Gasteiger charge is 2.00. The molecule has 0 saturated heterocycles. The molecule has 1 N–H and O–H groups in total. The molecular formula is C15H18N2O2. The Morgan fingerprint density at radius 1 is 1.16 bits per heavy atom. The van der Waals surface area contributed by atoms with Crippen LogP contribution >= 0.6 is 0 Å². The van der Waals surface area contributed by atoms with Gasteiger partial charge >= 0.3 is 0 Å². The van der Waals surface area contributed by atoms with Crippen molar-refractivity contribution in [2.24, 2.45) is 0 Å². The molecule has 0 radical (unpaired) electrons. The molecule has 19 heavy (non-hydrogen) atoms. The van der Waals surface area contributed by atoms with E-state index in [1.807, 2.05) is 49.4 Å². The van der Waals surface area contributed by atoms with E-state index in [1.165, 1.54) is 0 Å². The molecule has 0 fully saturated rings. The van der Waals surface area contributed by atoms with Crippen molar-refractivity contribution in [3.8, 4) is 5.75 Å². The van der Waals surface area contributed by atoms with E-state index in [2.05, 4.69) is 10.5 Å². The highest BCUT2D eigenvalue weighted by molar-refractivity contribution is 5.26. The third kappa shape index (κ3) is 4.35. The molecule has 2 rings (SSSR count). The summed E-state index contributed by atoms with van der Waals surface area (Å²) in [5.41, 5.74) is 5.86. The Balaban J connectivity index is 1.81. The minimum Gasteiger partial charge on any atom is -0.497 e. The van der Waals surface area contributed by atoms with Crippen LogP contribution in [0.25, 0.3) is 0 Å². The van der Waals surface area contributed by atoms with Crippen LogP contribution in [0.1, 0.15) is 17.0 Å². The molecule has 0 bridgehead atoms. The highest BCUT2D eigenvalue weighted by Crippen LogP contribution is 2.13. The molecule has 1 heterocycles. The molecule has 0 aliphatic rings. The summed E-state index contributed by atoms with van der Waals surface area (Å²) in [4.78, 5) is 9.81. The van der Waals surface area contributed by atoms with Crippen molar-refractivity contribution >= 4 is 0 Å². The van der Waals surface area contributed by atoms with Crippen molar-refractivity contribution in [2.45, 2.75) is 20.1 Å². The van der Waals surface area contributed by atoms with E-state index < -0.39 is 0 Å². The number of benzene rings is 1. The average Bonchev–Trinajstić information content (AvgIpc) is 2.44. The number of nitrogens with one attached hydrogen (secondary N) is 1. The number of ether oxygens (including phenoxy) is 1. The van der Waals surface area contributed by atoms with Gasteiger partial charge in [0.1, 0.15) is 5.75 Å². The van der Waals surface area contributed by atoms with Crippen molar-refractivity contribution in [2.75, 3.05) is 7.11 Å². The molecule has 0 spiro atoms. The maximum atomic E-state index is 5.41. The molecule has 1 aromatic heterocycles. The molecule has 0 saturated carbocycles. The Morgan fingerprint density at radius 2 is 1.95 bits per heavy atom. The van der Waals surface area contributed by atoms with Gasteiger partial charge in [-0.25, -0.2) is 0 Å². The molecule has 0 atom stereocenters. The molecule has 2 aromatic rings. The minimum atomic E-state index is 0.532. The number of rotatable bonds is 6. The standard InChI is InChI=1S/C15H18N2O2/c1-12-8-15(18-2)9-14(17-12)10-16-19-11-13-6-4-3-5-7-13/h3-9,16H,10-11H2,1-2H3. The molecule has 100 valence electrons. The fourth-order valence-electron chi connectivity index (χ4n) is 1.74. The lowest BCUT2D eigenvalue weighted by Crippen LogP contribution is -2.15. The Morgan fingerprint density at radius 3 is 2.68 bits per heavy atom. The van der Waals surface area contributed by atoms with Gasteiger partial charge in [-0.2, -0.15) is 5.48 Å². The number of aryl methyl sites for hydroxylation is 1. The second-order valence-electron chi connectivity index (χ2n) is 4.24. The molecule has 0 aliphatic heterocycles. The van der Waals surface area contributed by atoms with Crippen molar-refractivity contribution in [3.05, 3.63) is 59.4 Å². The zero-order valence-electron chi connectivity index (χ0n) is 11.2. The van der Waals surface area contributed by atoms with Crippen LogP contribution in [0.15, 0.2) is 42.5 Å². The highest BCUT2D eigenvalue weighted by atomic mass is 16.6. The lowest BCUT2D eigenvalue weighted by Gasteiger charge is -2.08. The summed E-state index contributed by atoms with van der Waals surface area (Å²) in [7, 11) is 1.65. The maximum Gasteiger partial charge on any atom is 0.122 e. The van der Waals surface area contributed by atoms with E-state index in [0.717, 1.165) is 22.7 Å². The summed E-state index contributed by atoms with van der Waals surface area (Å²) in [5.74, 6) is 0.812. The smallest absolute Gasteiger partial charge is 0.122 e. The predicted octanol–water partition coefficient (Wildman–Crippen LogP) is 2.62. The number of hydrogen-bond acceptors (Lipinski definition) is 4. The number of pyridine rings is 1. The zero-order chi connectivity index (χ0) is 13.5. The number of methoxy groups -OCH3 is 1. The Hall–Kier alpha value is -1.91. The van der Waals surface area contributed by atoms with Crippen molar-refractivity contribution in [3.63, 3.8) is 0 Å². The van der Waals surface area contributed by atoms with Gasteiger partial charge in [-0.3, -0.25) is 9.82 Å². The summed E-state index contributed by atoms with van der Waals surface area (Å²) in [6.07, 6.45) is 0. The van der Waals surface area contributed by atoms with E-state index in [0.29, 0.717) is 13.2 Å². The fraction of sp³-hybridized carbons (Fsp3) is 0.267. The van der Waals surface area contributed by atoms with E-state index in [4.69, 9.17) is 9.57 Å². The second kappa shape index (κ2) is 6.87. The number of hydroxylamine groups is 1. The fourth-order valence-corrected chi connectivity index (χ4v) is 1.74. The first-order chi connectivity index (χ1) is 9.28. The van der Waals surface area contributed by atoms with Gasteiger partial charge in [0.05, 0.1) is 26.0 Å². The monoisotopic (exact) mass is 258 g/mol. The lowest BCUT2D eigenvalue weighted by atomic mass is 10.2. The lowest BCUT2D eigenvalue weighted by molar-refractivity contribution is 0.0228. The van der Waals surface area contributed by atoms with E-state index >= 15 is 0 Å². The number of hydrogen-bond donors (Lipinski definition) is 1. The van der Waals surface area contributed by atoms with Gasteiger partial charge in [-0.15, -0.1) is 0 Å². The number of nitrogens with zero attached hydrogens (tertiary/aromatic N) is 1. The van der Waals surface area contributed by atoms with Gasteiger partial charge in [0.2, 0.25) is 0 Å². The van der Waals surface area contributed by atoms with Crippen LogP contribution in [0.4, 0.5) is 0 Å². The van der Waals surface area contributed by atoms with Gasteiger partial charge in [0.15, 0.2) is 0 Å². The molecule has 4 heteroatoms. The van der Waals surface area contributed by atoms with Crippen molar-refractivity contribution in [1.29, 1.82) is 0 Å². The molecular weight excluding hydrogens is 240 g/mol. The van der Waals surface area contributed by atoms with Crippen molar-refractivity contribution < 1.29 is 9.57 Å². The van der Waals surface area contributed by atoms with Crippen LogP contribution in [-0.4, -0.2) is 12.1 Å². The van der Waals surface area contributed by atoms with Crippen LogP contribution in [0.5, 0.6) is 5.75 Å². The van der Waals surface area contributed by atoms with E-state index in [9.17, 15) is 0 Å². The first-order valence-electron chi connectivity index (χ1n) is 6.18. The van der Waals surface area contributed by atoms with E-state index in [1.54, 1.807) is 7.11 Å². The largest absolute Gasteiger partial charge is 0.497 e. The first kappa shape index (κ1) is 13.5. The summed E-state index contributed by atoms with van der Waals surface area (Å²) in [6.45, 7) is 3.02. The van der Waals surface area contributed by atoms with Crippen LogP contribution in [0.3, 0.4) is 0 Å². The first-order valence-corrected chi connectivity index (χ1v) is 6.18. The van der Waals surface area contributed by atoms with Crippen LogP contribution in [-0.2, 0) is 18.0 Å². The van der Waals surface area contributed by atoms with Gasteiger partial charge in [-0.05, 0) is 12.5 Å².